The Morgan fingerprint density at radius 1 is 1.15 bits per heavy atom. The first-order valence-electron chi connectivity index (χ1n) is 11.4. The number of nitrogens with one attached hydrogen (secondary N) is 2. The van der Waals surface area contributed by atoms with Gasteiger partial charge in [0.2, 0.25) is 0 Å². The quantitative estimate of drug-likeness (QED) is 0.460. The molecule has 0 spiro atoms. The van der Waals surface area contributed by atoms with Crippen LogP contribution in [0, 0.1) is 6.92 Å². The third-order valence-electron chi connectivity index (χ3n) is 6.10. The molecule has 0 saturated heterocycles. The lowest BCUT2D eigenvalue weighted by Crippen LogP contribution is -2.45. The summed E-state index contributed by atoms with van der Waals surface area (Å²) in [5, 5.41) is 3.98. The molecule has 0 bridgehead atoms. The molecular formula is C24H32N4O3S2. The van der Waals surface area contributed by atoms with Crippen molar-refractivity contribution in [2.75, 3.05) is 30.7 Å². The fraction of sp³-hybridized carbons (Fsp3) is 0.458. The first-order chi connectivity index (χ1) is 15.8. The number of aryl methyl sites for hydroxylation is 1. The predicted octanol–water partition coefficient (Wildman–Crippen LogP) is 5.09. The summed E-state index contributed by atoms with van der Waals surface area (Å²) >= 11 is 1.30. The third kappa shape index (κ3) is 5.42. The van der Waals surface area contributed by atoms with E-state index in [2.05, 4.69) is 34.0 Å². The fourth-order valence-corrected chi connectivity index (χ4v) is 6.88. The number of anilines is 2. The molecule has 2 N–H and O–H groups in total. The van der Waals surface area contributed by atoms with Gasteiger partial charge in [0.15, 0.2) is 5.13 Å². The van der Waals surface area contributed by atoms with Crippen molar-refractivity contribution in [3.63, 3.8) is 0 Å². The molecule has 0 amide bonds. The van der Waals surface area contributed by atoms with Crippen molar-refractivity contribution in [1.29, 1.82) is 0 Å². The van der Waals surface area contributed by atoms with Crippen LogP contribution >= 0.6 is 11.3 Å². The van der Waals surface area contributed by atoms with Gasteiger partial charge in [0.05, 0.1) is 21.7 Å². The van der Waals surface area contributed by atoms with Crippen LogP contribution in [0.4, 0.5) is 10.8 Å². The summed E-state index contributed by atoms with van der Waals surface area (Å²) in [6, 6.07) is 11.8. The molecule has 1 fully saturated rings. The zero-order chi connectivity index (χ0) is 23.6. The SMILES string of the molecule is CCOc1ccc2nc(NS(=O)(=O)c3ccc(N[C@H]4CCCC[C@@H]4N(C)C)cc3C)sc2c1. The molecule has 0 unspecified atom stereocenters. The zero-order valence-electron chi connectivity index (χ0n) is 19.6. The zero-order valence-corrected chi connectivity index (χ0v) is 21.2. The molecule has 1 aromatic heterocycles. The summed E-state index contributed by atoms with van der Waals surface area (Å²) in [6.07, 6.45) is 4.76. The van der Waals surface area contributed by atoms with Gasteiger partial charge in [-0.1, -0.05) is 24.2 Å². The van der Waals surface area contributed by atoms with E-state index in [0.717, 1.165) is 28.1 Å². The Morgan fingerprint density at radius 2 is 1.94 bits per heavy atom. The van der Waals surface area contributed by atoms with E-state index >= 15 is 0 Å². The summed E-state index contributed by atoms with van der Waals surface area (Å²) in [5.74, 6) is 0.747. The second kappa shape index (κ2) is 9.87. The molecule has 4 rings (SSSR count). The Morgan fingerprint density at radius 3 is 2.67 bits per heavy atom. The lowest BCUT2D eigenvalue weighted by molar-refractivity contribution is 0.211. The van der Waals surface area contributed by atoms with E-state index in [1.54, 1.807) is 6.07 Å². The van der Waals surface area contributed by atoms with Gasteiger partial charge >= 0.3 is 0 Å². The van der Waals surface area contributed by atoms with Crippen LogP contribution in [0.2, 0.25) is 0 Å². The van der Waals surface area contributed by atoms with E-state index in [0.29, 0.717) is 29.4 Å². The molecule has 2 aromatic carbocycles. The van der Waals surface area contributed by atoms with Gasteiger partial charge in [0, 0.05) is 17.8 Å². The number of hydrogen-bond acceptors (Lipinski definition) is 7. The molecule has 0 aliphatic heterocycles. The van der Waals surface area contributed by atoms with E-state index in [1.807, 2.05) is 44.2 Å². The van der Waals surface area contributed by atoms with Gasteiger partial charge in [0.1, 0.15) is 5.75 Å². The Balaban J connectivity index is 1.51. The number of thiazole rings is 1. The Hall–Kier alpha value is -2.36. The van der Waals surface area contributed by atoms with Crippen molar-refractivity contribution >= 4 is 42.4 Å². The van der Waals surface area contributed by atoms with Crippen LogP contribution in [0.3, 0.4) is 0 Å². The highest BCUT2D eigenvalue weighted by molar-refractivity contribution is 7.93. The van der Waals surface area contributed by atoms with E-state index in [4.69, 9.17) is 4.74 Å². The minimum absolute atomic E-state index is 0.259. The smallest absolute Gasteiger partial charge is 0.263 e. The fourth-order valence-electron chi connectivity index (χ4n) is 4.53. The molecule has 1 heterocycles. The standard InChI is InChI=1S/C24H32N4O3S2/c1-5-31-18-11-12-20-22(15-18)32-24(26-20)27-33(29,30)23-13-10-17(14-16(23)2)25-19-8-6-7-9-21(19)28(3)4/h10-15,19,21,25H,5-9H2,1-4H3,(H,26,27)/t19-,21-/m0/s1. The Bertz CT molecular complexity index is 1220. The van der Waals surface area contributed by atoms with Crippen molar-refractivity contribution in [2.45, 2.75) is 56.5 Å². The number of fused-ring (bicyclic) bond motifs is 1. The van der Waals surface area contributed by atoms with Gasteiger partial charge in [-0.25, -0.2) is 13.4 Å². The van der Waals surface area contributed by atoms with E-state index in [1.165, 1.54) is 30.6 Å². The van der Waals surface area contributed by atoms with Crippen molar-refractivity contribution in [2.24, 2.45) is 0 Å². The number of rotatable bonds is 8. The monoisotopic (exact) mass is 488 g/mol. The van der Waals surface area contributed by atoms with Crippen LogP contribution in [0.15, 0.2) is 41.3 Å². The second-order valence-electron chi connectivity index (χ2n) is 8.73. The number of aromatic nitrogens is 1. The van der Waals surface area contributed by atoms with Crippen LogP contribution in [0.25, 0.3) is 10.2 Å². The van der Waals surface area contributed by atoms with Crippen molar-refractivity contribution in [1.82, 2.24) is 9.88 Å². The van der Waals surface area contributed by atoms with Gasteiger partial charge in [-0.05, 0) is 82.7 Å². The predicted molar refractivity (Wildman–Crippen MR) is 136 cm³/mol. The maximum Gasteiger partial charge on any atom is 0.263 e. The number of nitrogens with zero attached hydrogens (tertiary/aromatic N) is 2. The van der Waals surface area contributed by atoms with Crippen molar-refractivity contribution in [3.8, 4) is 5.75 Å². The molecule has 7 nitrogen and oxygen atoms in total. The molecule has 3 aromatic rings. The normalized spacial score (nSPS) is 19.1. The molecule has 1 aliphatic rings. The first kappa shape index (κ1) is 23.8. The topological polar surface area (TPSA) is 83.6 Å². The molecular weight excluding hydrogens is 456 g/mol. The minimum Gasteiger partial charge on any atom is -0.494 e. The van der Waals surface area contributed by atoms with Crippen LogP contribution in [-0.4, -0.2) is 51.1 Å². The maximum absolute atomic E-state index is 13.1. The van der Waals surface area contributed by atoms with Crippen LogP contribution in [0.5, 0.6) is 5.75 Å². The minimum atomic E-state index is -3.76. The molecule has 0 radical (unpaired) electrons. The highest BCUT2D eigenvalue weighted by Gasteiger charge is 2.27. The highest BCUT2D eigenvalue weighted by atomic mass is 32.2. The van der Waals surface area contributed by atoms with Crippen LogP contribution < -0.4 is 14.8 Å². The number of sulfonamides is 1. The molecule has 33 heavy (non-hydrogen) atoms. The van der Waals surface area contributed by atoms with Crippen LogP contribution in [-0.2, 0) is 10.0 Å². The molecule has 2 atom stereocenters. The average Bonchev–Trinajstić information content (AvgIpc) is 3.14. The van der Waals surface area contributed by atoms with Gasteiger partial charge in [0.25, 0.3) is 10.0 Å². The van der Waals surface area contributed by atoms with E-state index in [-0.39, 0.29) is 4.90 Å². The van der Waals surface area contributed by atoms with E-state index < -0.39 is 10.0 Å². The van der Waals surface area contributed by atoms with Gasteiger partial charge < -0.3 is 15.0 Å². The van der Waals surface area contributed by atoms with Gasteiger partial charge in [-0.2, -0.15) is 0 Å². The molecule has 178 valence electrons. The number of ether oxygens (including phenoxy) is 1. The summed E-state index contributed by atoms with van der Waals surface area (Å²) < 4.78 is 35.3. The summed E-state index contributed by atoms with van der Waals surface area (Å²) in [7, 11) is 0.489. The van der Waals surface area contributed by atoms with Crippen molar-refractivity contribution < 1.29 is 13.2 Å². The Labute approximate surface area is 200 Å². The van der Waals surface area contributed by atoms with Crippen LogP contribution in [0.1, 0.15) is 38.2 Å². The number of likely N-dealkylation sites (N-methyl/N-ethyl adjacent to an activating group) is 1. The Kier molecular flexibility index (Phi) is 7.11. The highest BCUT2D eigenvalue weighted by Crippen LogP contribution is 2.32. The lowest BCUT2D eigenvalue weighted by Gasteiger charge is -2.37. The second-order valence-corrected chi connectivity index (χ2v) is 11.4. The average molecular weight is 489 g/mol. The lowest BCUT2D eigenvalue weighted by atomic mass is 9.89. The third-order valence-corrected chi connectivity index (χ3v) is 8.66. The van der Waals surface area contributed by atoms with Gasteiger partial charge in [-0.15, -0.1) is 0 Å². The summed E-state index contributed by atoms with van der Waals surface area (Å²) in [4.78, 5) is 6.97. The van der Waals surface area contributed by atoms with E-state index in [9.17, 15) is 8.42 Å². The molecule has 1 saturated carbocycles. The number of benzene rings is 2. The molecule has 1 aliphatic carbocycles. The summed E-state index contributed by atoms with van der Waals surface area (Å²) in [6.45, 7) is 4.33. The maximum atomic E-state index is 13.1. The van der Waals surface area contributed by atoms with Crippen molar-refractivity contribution in [3.05, 3.63) is 42.0 Å². The van der Waals surface area contributed by atoms with Gasteiger partial charge in [-0.3, -0.25) is 4.72 Å². The number of hydrogen-bond donors (Lipinski definition) is 2. The summed E-state index contributed by atoms with van der Waals surface area (Å²) in [5.41, 5.74) is 2.39. The molecule has 9 heteroatoms. The first-order valence-corrected chi connectivity index (χ1v) is 13.7. The largest absolute Gasteiger partial charge is 0.494 e.